The van der Waals surface area contributed by atoms with Crippen LogP contribution in [0.4, 0.5) is 0 Å². The average Bonchev–Trinajstić information content (AvgIpc) is 2.55. The van der Waals surface area contributed by atoms with Crippen molar-refractivity contribution in [3.63, 3.8) is 0 Å². The molecular formula is C19H21NO4. The third-order valence-corrected chi connectivity index (χ3v) is 3.61. The predicted molar refractivity (Wildman–Crippen MR) is 90.9 cm³/mol. The fourth-order valence-electron chi connectivity index (χ4n) is 2.32. The van der Waals surface area contributed by atoms with E-state index in [2.05, 4.69) is 4.98 Å². The third-order valence-electron chi connectivity index (χ3n) is 3.61. The molecule has 5 nitrogen and oxygen atoms in total. The highest BCUT2D eigenvalue weighted by atomic mass is 16.5. The summed E-state index contributed by atoms with van der Waals surface area (Å²) in [5.74, 6) is -0.751. The Bertz CT molecular complexity index is 723. The number of rotatable bonds is 7. The van der Waals surface area contributed by atoms with Gasteiger partial charge in [-0.05, 0) is 31.9 Å². The van der Waals surface area contributed by atoms with Crippen LogP contribution in [-0.4, -0.2) is 28.4 Å². The Morgan fingerprint density at radius 2 is 1.83 bits per heavy atom. The van der Waals surface area contributed by atoms with Crippen molar-refractivity contribution in [1.29, 1.82) is 0 Å². The summed E-state index contributed by atoms with van der Waals surface area (Å²) in [6.45, 7) is 4.06. The van der Waals surface area contributed by atoms with E-state index < -0.39 is 0 Å². The fraction of sp³-hybridized carbons (Fsp3) is 0.316. The zero-order valence-electron chi connectivity index (χ0n) is 13.9. The molecule has 0 fully saturated rings. The summed E-state index contributed by atoms with van der Waals surface area (Å²) in [4.78, 5) is 27.5. The first kappa shape index (κ1) is 17.7. The van der Waals surface area contributed by atoms with Crippen LogP contribution in [0.3, 0.4) is 0 Å². The monoisotopic (exact) mass is 327 g/mol. The molecule has 1 aromatic heterocycles. The van der Waals surface area contributed by atoms with E-state index in [1.807, 2.05) is 31.2 Å². The SMILES string of the molecule is CCOC(=O)CCCC(=O)c1ncc(-c2ccc(C)cc2)cc1O. The summed E-state index contributed by atoms with van der Waals surface area (Å²) < 4.78 is 4.81. The molecule has 2 aromatic rings. The number of ether oxygens (including phenoxy) is 1. The highest BCUT2D eigenvalue weighted by molar-refractivity contribution is 5.97. The number of aryl methyl sites for hydroxylation is 1. The molecule has 0 aliphatic heterocycles. The van der Waals surface area contributed by atoms with E-state index in [0.717, 1.165) is 16.7 Å². The molecule has 0 radical (unpaired) electrons. The normalized spacial score (nSPS) is 10.4. The molecule has 1 aromatic carbocycles. The lowest BCUT2D eigenvalue weighted by molar-refractivity contribution is -0.143. The quantitative estimate of drug-likeness (QED) is 0.620. The lowest BCUT2D eigenvalue weighted by atomic mass is 10.0. The first-order chi connectivity index (χ1) is 11.5. The topological polar surface area (TPSA) is 76.5 Å². The van der Waals surface area contributed by atoms with Crippen LogP contribution in [-0.2, 0) is 9.53 Å². The van der Waals surface area contributed by atoms with Crippen molar-refractivity contribution in [3.8, 4) is 16.9 Å². The number of aromatic nitrogens is 1. The molecule has 0 saturated heterocycles. The minimum Gasteiger partial charge on any atom is -0.506 e. The van der Waals surface area contributed by atoms with Crippen molar-refractivity contribution >= 4 is 11.8 Å². The third kappa shape index (κ3) is 4.65. The van der Waals surface area contributed by atoms with Crippen LogP contribution in [0.15, 0.2) is 36.5 Å². The Hall–Kier alpha value is -2.69. The second-order valence-electron chi connectivity index (χ2n) is 5.54. The number of ketones is 1. The molecule has 1 N–H and O–H groups in total. The smallest absolute Gasteiger partial charge is 0.305 e. The van der Waals surface area contributed by atoms with E-state index >= 15 is 0 Å². The maximum absolute atomic E-state index is 12.1. The number of pyridine rings is 1. The lowest BCUT2D eigenvalue weighted by Crippen LogP contribution is -2.07. The minimum absolute atomic E-state index is 0.0368. The Morgan fingerprint density at radius 3 is 2.46 bits per heavy atom. The fourth-order valence-corrected chi connectivity index (χ4v) is 2.32. The number of hydrogen-bond acceptors (Lipinski definition) is 5. The molecule has 0 saturated carbocycles. The van der Waals surface area contributed by atoms with Crippen molar-refractivity contribution in [2.45, 2.75) is 33.1 Å². The number of carbonyl (C=O) groups excluding carboxylic acids is 2. The molecule has 1 heterocycles. The van der Waals surface area contributed by atoms with Gasteiger partial charge in [0.1, 0.15) is 11.4 Å². The van der Waals surface area contributed by atoms with Gasteiger partial charge in [0.2, 0.25) is 0 Å². The minimum atomic E-state index is -0.322. The number of benzene rings is 1. The van der Waals surface area contributed by atoms with Gasteiger partial charge in [-0.15, -0.1) is 0 Å². The molecule has 0 aliphatic rings. The van der Waals surface area contributed by atoms with Crippen molar-refractivity contribution in [1.82, 2.24) is 4.98 Å². The van der Waals surface area contributed by atoms with E-state index in [-0.39, 0.29) is 36.0 Å². The molecule has 0 amide bonds. The molecule has 0 bridgehead atoms. The second-order valence-corrected chi connectivity index (χ2v) is 5.54. The van der Waals surface area contributed by atoms with Crippen molar-refractivity contribution in [2.24, 2.45) is 0 Å². The summed E-state index contributed by atoms with van der Waals surface area (Å²) in [7, 11) is 0. The van der Waals surface area contributed by atoms with E-state index in [1.54, 1.807) is 13.1 Å². The van der Waals surface area contributed by atoms with Gasteiger partial charge in [-0.3, -0.25) is 9.59 Å². The molecule has 2 rings (SSSR count). The Labute approximate surface area is 141 Å². The maximum atomic E-state index is 12.1. The molecule has 0 aliphatic carbocycles. The van der Waals surface area contributed by atoms with Crippen LogP contribution in [0.25, 0.3) is 11.1 Å². The molecule has 0 unspecified atom stereocenters. The van der Waals surface area contributed by atoms with Gasteiger partial charge in [0.15, 0.2) is 5.78 Å². The van der Waals surface area contributed by atoms with Crippen LogP contribution in [0, 0.1) is 6.92 Å². The number of aromatic hydroxyl groups is 1. The van der Waals surface area contributed by atoms with E-state index in [4.69, 9.17) is 4.74 Å². The van der Waals surface area contributed by atoms with Crippen LogP contribution in [0.5, 0.6) is 5.75 Å². The lowest BCUT2D eigenvalue weighted by Gasteiger charge is -2.07. The summed E-state index contributed by atoms with van der Waals surface area (Å²) in [6, 6.07) is 9.36. The van der Waals surface area contributed by atoms with Gasteiger partial charge in [-0.2, -0.15) is 0 Å². The Morgan fingerprint density at radius 1 is 1.12 bits per heavy atom. The van der Waals surface area contributed by atoms with Gasteiger partial charge >= 0.3 is 5.97 Å². The number of esters is 1. The standard InChI is InChI=1S/C19H21NO4/c1-3-24-18(23)6-4-5-16(21)19-17(22)11-15(12-20-19)14-9-7-13(2)8-10-14/h7-12,22H,3-6H2,1-2H3. The van der Waals surface area contributed by atoms with Gasteiger partial charge in [-0.1, -0.05) is 29.8 Å². The Kier molecular flexibility index (Phi) is 6.07. The van der Waals surface area contributed by atoms with Crippen LogP contribution in [0.2, 0.25) is 0 Å². The van der Waals surface area contributed by atoms with Gasteiger partial charge in [0, 0.05) is 24.6 Å². The maximum Gasteiger partial charge on any atom is 0.305 e. The molecule has 0 atom stereocenters. The predicted octanol–water partition coefficient (Wildman–Crippen LogP) is 3.68. The van der Waals surface area contributed by atoms with Crippen molar-refractivity contribution in [2.75, 3.05) is 6.61 Å². The van der Waals surface area contributed by atoms with E-state index in [0.29, 0.717) is 13.0 Å². The second kappa shape index (κ2) is 8.24. The van der Waals surface area contributed by atoms with Crippen LogP contribution in [0.1, 0.15) is 42.2 Å². The number of Topliss-reactive ketones (excluding diaryl/α,β-unsaturated/α-hetero) is 1. The zero-order chi connectivity index (χ0) is 17.5. The first-order valence-corrected chi connectivity index (χ1v) is 7.96. The Balaban J connectivity index is 2.02. The summed E-state index contributed by atoms with van der Waals surface area (Å²) in [5.41, 5.74) is 2.85. The van der Waals surface area contributed by atoms with Gasteiger partial charge in [-0.25, -0.2) is 4.98 Å². The number of hydrogen-bond donors (Lipinski definition) is 1. The van der Waals surface area contributed by atoms with Crippen molar-refractivity contribution in [3.05, 3.63) is 47.8 Å². The van der Waals surface area contributed by atoms with Crippen LogP contribution < -0.4 is 0 Å². The average molecular weight is 327 g/mol. The van der Waals surface area contributed by atoms with E-state index in [9.17, 15) is 14.7 Å². The van der Waals surface area contributed by atoms with Gasteiger partial charge in [0.25, 0.3) is 0 Å². The summed E-state index contributed by atoms with van der Waals surface area (Å²) in [6.07, 6.45) is 2.27. The van der Waals surface area contributed by atoms with E-state index in [1.165, 1.54) is 6.07 Å². The molecule has 0 spiro atoms. The highest BCUT2D eigenvalue weighted by Gasteiger charge is 2.15. The summed E-state index contributed by atoms with van der Waals surface area (Å²) in [5, 5.41) is 10.1. The number of nitrogens with zero attached hydrogens (tertiary/aromatic N) is 1. The van der Waals surface area contributed by atoms with Gasteiger partial charge in [0.05, 0.1) is 6.61 Å². The van der Waals surface area contributed by atoms with Gasteiger partial charge < -0.3 is 9.84 Å². The molecule has 5 heteroatoms. The highest BCUT2D eigenvalue weighted by Crippen LogP contribution is 2.26. The molecule has 126 valence electrons. The first-order valence-electron chi connectivity index (χ1n) is 7.96. The summed E-state index contributed by atoms with van der Waals surface area (Å²) >= 11 is 0. The molecular weight excluding hydrogens is 306 g/mol. The zero-order valence-corrected chi connectivity index (χ0v) is 13.9. The largest absolute Gasteiger partial charge is 0.506 e. The molecule has 24 heavy (non-hydrogen) atoms. The number of carbonyl (C=O) groups is 2. The van der Waals surface area contributed by atoms with Crippen molar-refractivity contribution < 1.29 is 19.4 Å². The van der Waals surface area contributed by atoms with Crippen LogP contribution >= 0.6 is 0 Å².